The zero-order valence-corrected chi connectivity index (χ0v) is 10.6. The van der Waals surface area contributed by atoms with E-state index >= 15 is 0 Å². The smallest absolute Gasteiger partial charge is 0.0692 e. The van der Waals surface area contributed by atoms with E-state index in [2.05, 4.69) is 32.0 Å². The molecule has 88 valence electrons. The van der Waals surface area contributed by atoms with Gasteiger partial charge < -0.3 is 9.84 Å². The van der Waals surface area contributed by atoms with Crippen LogP contribution in [0.15, 0.2) is 23.1 Å². The molecule has 0 aliphatic carbocycles. The molecule has 1 aliphatic heterocycles. The molecule has 1 fully saturated rings. The summed E-state index contributed by atoms with van der Waals surface area (Å²) >= 11 is 1.83. The van der Waals surface area contributed by atoms with E-state index in [0.29, 0.717) is 11.4 Å². The Morgan fingerprint density at radius 2 is 2.31 bits per heavy atom. The van der Waals surface area contributed by atoms with Crippen LogP contribution in [-0.4, -0.2) is 23.1 Å². The highest BCUT2D eigenvalue weighted by Crippen LogP contribution is 2.34. The van der Waals surface area contributed by atoms with Crippen LogP contribution in [0.1, 0.15) is 24.5 Å². The summed E-state index contributed by atoms with van der Waals surface area (Å²) < 4.78 is 5.55. The van der Waals surface area contributed by atoms with Crippen molar-refractivity contribution in [1.29, 1.82) is 0 Å². The second kappa shape index (κ2) is 5.21. The zero-order chi connectivity index (χ0) is 11.5. The van der Waals surface area contributed by atoms with Crippen LogP contribution in [0, 0.1) is 6.92 Å². The molecule has 0 radical (unpaired) electrons. The van der Waals surface area contributed by atoms with Crippen molar-refractivity contribution in [3.8, 4) is 0 Å². The van der Waals surface area contributed by atoms with Gasteiger partial charge in [0.1, 0.15) is 0 Å². The van der Waals surface area contributed by atoms with Crippen LogP contribution in [0.25, 0.3) is 0 Å². The van der Waals surface area contributed by atoms with E-state index in [4.69, 9.17) is 4.74 Å². The SMILES string of the molecule is Cc1ccc(SC2CCOC2C)c(CO)c1. The first-order valence-electron chi connectivity index (χ1n) is 5.69. The monoisotopic (exact) mass is 238 g/mol. The van der Waals surface area contributed by atoms with Gasteiger partial charge in [-0.05, 0) is 31.9 Å². The van der Waals surface area contributed by atoms with Crippen molar-refractivity contribution in [2.75, 3.05) is 6.61 Å². The van der Waals surface area contributed by atoms with Crippen LogP contribution in [0.5, 0.6) is 0 Å². The van der Waals surface area contributed by atoms with Crippen molar-refractivity contribution in [3.63, 3.8) is 0 Å². The second-order valence-corrected chi connectivity index (χ2v) is 5.57. The number of rotatable bonds is 3. The minimum absolute atomic E-state index is 0.117. The molecule has 2 atom stereocenters. The van der Waals surface area contributed by atoms with E-state index in [1.807, 2.05) is 11.8 Å². The van der Waals surface area contributed by atoms with Crippen LogP contribution in [0.2, 0.25) is 0 Å². The molecule has 1 aromatic rings. The lowest BCUT2D eigenvalue weighted by molar-refractivity contribution is 0.127. The Bertz CT molecular complexity index is 365. The fraction of sp³-hybridized carbons (Fsp3) is 0.538. The molecular weight excluding hydrogens is 220 g/mol. The fourth-order valence-electron chi connectivity index (χ4n) is 1.98. The van der Waals surface area contributed by atoms with Gasteiger partial charge in [-0.15, -0.1) is 11.8 Å². The van der Waals surface area contributed by atoms with Crippen molar-refractivity contribution in [2.24, 2.45) is 0 Å². The third-order valence-corrected chi connectivity index (χ3v) is 4.55. The lowest BCUT2D eigenvalue weighted by Crippen LogP contribution is -2.13. The van der Waals surface area contributed by atoms with Gasteiger partial charge in [-0.1, -0.05) is 17.7 Å². The number of hydrogen-bond donors (Lipinski definition) is 1. The average molecular weight is 238 g/mol. The molecule has 1 N–H and O–H groups in total. The van der Waals surface area contributed by atoms with Crippen LogP contribution < -0.4 is 0 Å². The molecule has 1 heterocycles. The first-order valence-corrected chi connectivity index (χ1v) is 6.57. The van der Waals surface area contributed by atoms with Crippen LogP contribution in [0.3, 0.4) is 0 Å². The van der Waals surface area contributed by atoms with Gasteiger partial charge in [0.25, 0.3) is 0 Å². The summed E-state index contributed by atoms with van der Waals surface area (Å²) in [6, 6.07) is 6.27. The van der Waals surface area contributed by atoms with Gasteiger partial charge in [0, 0.05) is 16.8 Å². The maximum Gasteiger partial charge on any atom is 0.0692 e. The van der Waals surface area contributed by atoms with Gasteiger partial charge in [-0.3, -0.25) is 0 Å². The Balaban J connectivity index is 2.14. The van der Waals surface area contributed by atoms with Crippen molar-refractivity contribution >= 4 is 11.8 Å². The Morgan fingerprint density at radius 3 is 2.94 bits per heavy atom. The maximum absolute atomic E-state index is 9.34. The summed E-state index contributed by atoms with van der Waals surface area (Å²) in [5.74, 6) is 0. The van der Waals surface area contributed by atoms with Gasteiger partial charge in [0.2, 0.25) is 0 Å². The van der Waals surface area contributed by atoms with Crippen molar-refractivity contribution < 1.29 is 9.84 Å². The number of ether oxygens (including phenoxy) is 1. The summed E-state index contributed by atoms with van der Waals surface area (Å²) in [4.78, 5) is 1.19. The third-order valence-electron chi connectivity index (χ3n) is 2.97. The minimum Gasteiger partial charge on any atom is -0.392 e. The molecule has 1 aromatic carbocycles. The first-order chi connectivity index (χ1) is 7.70. The van der Waals surface area contributed by atoms with Crippen LogP contribution in [-0.2, 0) is 11.3 Å². The largest absolute Gasteiger partial charge is 0.392 e. The molecule has 3 heteroatoms. The van der Waals surface area contributed by atoms with Gasteiger partial charge >= 0.3 is 0 Å². The van der Waals surface area contributed by atoms with E-state index in [1.54, 1.807) is 0 Å². The molecule has 0 saturated carbocycles. The Kier molecular flexibility index (Phi) is 3.90. The van der Waals surface area contributed by atoms with Gasteiger partial charge in [-0.25, -0.2) is 0 Å². The summed E-state index contributed by atoms with van der Waals surface area (Å²) in [6.07, 6.45) is 1.42. The second-order valence-electron chi connectivity index (χ2n) is 4.29. The first kappa shape index (κ1) is 12.0. The predicted octanol–water partition coefficient (Wildman–Crippen LogP) is 2.76. The van der Waals surface area contributed by atoms with E-state index in [-0.39, 0.29) is 6.61 Å². The maximum atomic E-state index is 9.34. The van der Waals surface area contributed by atoms with Crippen molar-refractivity contribution in [1.82, 2.24) is 0 Å². The van der Waals surface area contributed by atoms with E-state index in [0.717, 1.165) is 18.6 Å². The molecule has 1 saturated heterocycles. The van der Waals surface area contributed by atoms with Crippen molar-refractivity contribution in [3.05, 3.63) is 29.3 Å². The highest BCUT2D eigenvalue weighted by Gasteiger charge is 2.25. The number of benzene rings is 1. The topological polar surface area (TPSA) is 29.5 Å². The number of aliphatic hydroxyl groups excluding tert-OH is 1. The highest BCUT2D eigenvalue weighted by atomic mass is 32.2. The summed E-state index contributed by atoms with van der Waals surface area (Å²) in [6.45, 7) is 5.15. The lowest BCUT2D eigenvalue weighted by atomic mass is 10.1. The van der Waals surface area contributed by atoms with E-state index in [1.165, 1.54) is 10.5 Å². The zero-order valence-electron chi connectivity index (χ0n) is 9.77. The Hall–Kier alpha value is -0.510. The lowest BCUT2D eigenvalue weighted by Gasteiger charge is -2.15. The van der Waals surface area contributed by atoms with Gasteiger partial charge in [0.15, 0.2) is 0 Å². The molecule has 2 nitrogen and oxygen atoms in total. The van der Waals surface area contributed by atoms with E-state index < -0.39 is 0 Å². The van der Waals surface area contributed by atoms with Crippen LogP contribution >= 0.6 is 11.8 Å². The average Bonchev–Trinajstić information content (AvgIpc) is 2.67. The number of thioether (sulfide) groups is 1. The molecular formula is C13H18O2S. The molecule has 0 aromatic heterocycles. The fourth-order valence-corrected chi connectivity index (χ4v) is 3.21. The Labute approximate surface area is 101 Å². The van der Waals surface area contributed by atoms with Gasteiger partial charge in [-0.2, -0.15) is 0 Å². The quantitative estimate of drug-likeness (QED) is 0.878. The molecule has 0 bridgehead atoms. The molecule has 0 spiro atoms. The molecule has 2 rings (SSSR count). The summed E-state index contributed by atoms with van der Waals surface area (Å²) in [5, 5.41) is 9.86. The molecule has 2 unspecified atom stereocenters. The highest BCUT2D eigenvalue weighted by molar-refractivity contribution is 8.00. The number of aryl methyl sites for hydroxylation is 1. The van der Waals surface area contributed by atoms with E-state index in [9.17, 15) is 5.11 Å². The Morgan fingerprint density at radius 1 is 1.50 bits per heavy atom. The summed E-state index contributed by atoms with van der Waals surface area (Å²) in [5.41, 5.74) is 2.23. The van der Waals surface area contributed by atoms with Crippen LogP contribution in [0.4, 0.5) is 0 Å². The molecule has 16 heavy (non-hydrogen) atoms. The standard InChI is InChI=1S/C13H18O2S/c1-9-3-4-13(11(7-9)8-14)16-12-5-6-15-10(12)2/h3-4,7,10,12,14H,5-6,8H2,1-2H3. The normalized spacial score (nSPS) is 24.9. The third kappa shape index (κ3) is 2.59. The molecule has 1 aliphatic rings. The number of hydrogen-bond acceptors (Lipinski definition) is 3. The van der Waals surface area contributed by atoms with Crippen molar-refractivity contribution in [2.45, 2.75) is 43.1 Å². The summed E-state index contributed by atoms with van der Waals surface area (Å²) in [7, 11) is 0. The number of aliphatic hydroxyl groups is 1. The minimum atomic E-state index is 0.117. The van der Waals surface area contributed by atoms with Gasteiger partial charge in [0.05, 0.1) is 12.7 Å². The molecule has 0 amide bonds. The predicted molar refractivity (Wildman–Crippen MR) is 66.8 cm³/mol.